The lowest BCUT2D eigenvalue weighted by Gasteiger charge is -2.20. The molecular weight excluding hydrogens is 298 g/mol. The van der Waals surface area contributed by atoms with E-state index in [9.17, 15) is 22.7 Å². The molecule has 0 fully saturated rings. The lowest BCUT2D eigenvalue weighted by atomic mass is 9.97. The van der Waals surface area contributed by atoms with Crippen molar-refractivity contribution in [2.45, 2.75) is 44.5 Å². The standard InChI is InChI=1S/C13H17F4NO.ClH/c1-2-3-4-11(19)12(18)8-5-6-9(10(14)7-8)13(15,16)17;/h5-7,11-12,19H,2-4,18H2,1H3;1H/t11-,12+;/m1./s1. The summed E-state index contributed by atoms with van der Waals surface area (Å²) in [5, 5.41) is 9.75. The first-order chi connectivity index (χ1) is 8.77. The van der Waals surface area contributed by atoms with Crippen LogP contribution in [-0.4, -0.2) is 11.2 Å². The van der Waals surface area contributed by atoms with E-state index in [-0.39, 0.29) is 18.0 Å². The molecule has 0 spiro atoms. The van der Waals surface area contributed by atoms with Crippen molar-refractivity contribution in [2.75, 3.05) is 0 Å². The molecule has 0 radical (unpaired) electrons. The molecule has 0 aromatic heterocycles. The van der Waals surface area contributed by atoms with E-state index >= 15 is 0 Å². The molecule has 1 aromatic carbocycles. The second kappa shape index (κ2) is 7.81. The number of aliphatic hydroxyl groups excluding tert-OH is 1. The zero-order valence-electron chi connectivity index (χ0n) is 11.0. The SMILES string of the molecule is CCCC[C@@H](O)[C@@H](N)c1ccc(C(F)(F)F)c(F)c1.Cl. The van der Waals surface area contributed by atoms with E-state index in [1.54, 1.807) is 0 Å². The van der Waals surface area contributed by atoms with Crippen LogP contribution in [-0.2, 0) is 6.18 Å². The molecule has 2 nitrogen and oxygen atoms in total. The molecule has 0 aliphatic carbocycles. The molecule has 0 saturated heterocycles. The van der Waals surface area contributed by atoms with Crippen LogP contribution in [0.3, 0.4) is 0 Å². The first kappa shape index (κ1) is 19.1. The maximum atomic E-state index is 13.4. The second-order valence-electron chi connectivity index (χ2n) is 4.47. The Bertz CT molecular complexity index is 425. The molecule has 7 heteroatoms. The summed E-state index contributed by atoms with van der Waals surface area (Å²) in [4.78, 5) is 0. The van der Waals surface area contributed by atoms with Crippen LogP contribution < -0.4 is 5.73 Å². The normalized spacial score (nSPS) is 14.6. The van der Waals surface area contributed by atoms with Crippen LogP contribution in [0.4, 0.5) is 17.6 Å². The van der Waals surface area contributed by atoms with Gasteiger partial charge in [0, 0.05) is 0 Å². The molecule has 3 N–H and O–H groups in total. The monoisotopic (exact) mass is 315 g/mol. The Kier molecular flexibility index (Phi) is 7.47. The molecule has 0 bridgehead atoms. The molecule has 0 amide bonds. The van der Waals surface area contributed by atoms with Gasteiger partial charge in [-0.25, -0.2) is 4.39 Å². The van der Waals surface area contributed by atoms with Crippen LogP contribution in [0.1, 0.15) is 43.4 Å². The highest BCUT2D eigenvalue weighted by Gasteiger charge is 2.34. The number of rotatable bonds is 5. The predicted molar refractivity (Wildman–Crippen MR) is 71.1 cm³/mol. The molecule has 0 heterocycles. The van der Waals surface area contributed by atoms with E-state index in [2.05, 4.69) is 0 Å². The van der Waals surface area contributed by atoms with Crippen molar-refractivity contribution in [1.82, 2.24) is 0 Å². The van der Waals surface area contributed by atoms with E-state index in [0.29, 0.717) is 12.5 Å². The van der Waals surface area contributed by atoms with Gasteiger partial charge in [0.05, 0.1) is 17.7 Å². The summed E-state index contributed by atoms with van der Waals surface area (Å²) in [5.41, 5.74) is 4.54. The summed E-state index contributed by atoms with van der Waals surface area (Å²) in [6, 6.07) is 1.61. The Morgan fingerprint density at radius 1 is 1.30 bits per heavy atom. The molecule has 1 rings (SSSR count). The maximum absolute atomic E-state index is 13.4. The number of nitrogens with two attached hydrogens (primary N) is 1. The van der Waals surface area contributed by atoms with Gasteiger partial charge in [-0.1, -0.05) is 25.8 Å². The summed E-state index contributed by atoms with van der Waals surface area (Å²) in [5.74, 6) is -1.37. The average molecular weight is 316 g/mol. The van der Waals surface area contributed by atoms with Crippen molar-refractivity contribution < 1.29 is 22.7 Å². The Morgan fingerprint density at radius 3 is 2.35 bits per heavy atom. The smallest absolute Gasteiger partial charge is 0.391 e. The molecule has 20 heavy (non-hydrogen) atoms. The molecule has 2 atom stereocenters. The summed E-state index contributed by atoms with van der Waals surface area (Å²) in [6.07, 6.45) is -3.58. The maximum Gasteiger partial charge on any atom is 0.419 e. The first-order valence-electron chi connectivity index (χ1n) is 6.07. The Hall–Kier alpha value is -0.850. The quantitative estimate of drug-likeness (QED) is 0.811. The van der Waals surface area contributed by atoms with Crippen LogP contribution in [0.2, 0.25) is 0 Å². The number of hydrogen-bond acceptors (Lipinski definition) is 2. The van der Waals surface area contributed by atoms with Crippen molar-refractivity contribution in [3.8, 4) is 0 Å². The van der Waals surface area contributed by atoms with Gasteiger partial charge < -0.3 is 10.8 Å². The minimum Gasteiger partial charge on any atom is -0.391 e. The lowest BCUT2D eigenvalue weighted by molar-refractivity contribution is -0.140. The highest BCUT2D eigenvalue weighted by molar-refractivity contribution is 5.85. The fraction of sp³-hybridized carbons (Fsp3) is 0.538. The lowest BCUT2D eigenvalue weighted by Crippen LogP contribution is -2.26. The van der Waals surface area contributed by atoms with Crippen LogP contribution in [0.5, 0.6) is 0 Å². The number of hydrogen-bond donors (Lipinski definition) is 2. The minimum atomic E-state index is -4.73. The van der Waals surface area contributed by atoms with Crippen molar-refractivity contribution in [3.05, 3.63) is 35.1 Å². The van der Waals surface area contributed by atoms with Gasteiger partial charge in [0.15, 0.2) is 0 Å². The third kappa shape index (κ3) is 4.92. The Balaban J connectivity index is 0.00000361. The van der Waals surface area contributed by atoms with Gasteiger partial charge in [0.1, 0.15) is 5.82 Å². The second-order valence-corrected chi connectivity index (χ2v) is 4.47. The highest BCUT2D eigenvalue weighted by atomic mass is 35.5. The fourth-order valence-corrected chi connectivity index (χ4v) is 1.78. The molecule has 0 aliphatic heterocycles. The van der Waals surface area contributed by atoms with Gasteiger partial charge >= 0.3 is 6.18 Å². The van der Waals surface area contributed by atoms with Crippen molar-refractivity contribution in [2.24, 2.45) is 5.73 Å². The van der Waals surface area contributed by atoms with E-state index in [1.165, 1.54) is 0 Å². The zero-order chi connectivity index (χ0) is 14.6. The van der Waals surface area contributed by atoms with Gasteiger partial charge in [0.2, 0.25) is 0 Å². The van der Waals surface area contributed by atoms with Crippen molar-refractivity contribution in [3.63, 3.8) is 0 Å². The third-order valence-corrected chi connectivity index (χ3v) is 2.95. The Morgan fingerprint density at radius 2 is 1.90 bits per heavy atom. The molecule has 1 aromatic rings. The molecule has 0 unspecified atom stereocenters. The largest absolute Gasteiger partial charge is 0.419 e. The summed E-state index contributed by atoms with van der Waals surface area (Å²) in [7, 11) is 0. The van der Waals surface area contributed by atoms with E-state index < -0.39 is 29.7 Å². The van der Waals surface area contributed by atoms with Gasteiger partial charge in [-0.2, -0.15) is 13.2 Å². The molecule has 0 saturated carbocycles. The first-order valence-corrected chi connectivity index (χ1v) is 6.07. The van der Waals surface area contributed by atoms with Gasteiger partial charge in [-0.15, -0.1) is 12.4 Å². The molecule has 116 valence electrons. The summed E-state index contributed by atoms with van der Waals surface area (Å²) in [6.45, 7) is 1.94. The van der Waals surface area contributed by atoms with Crippen molar-refractivity contribution in [1.29, 1.82) is 0 Å². The van der Waals surface area contributed by atoms with Crippen LogP contribution in [0.15, 0.2) is 18.2 Å². The Labute approximate surface area is 121 Å². The number of halogens is 5. The van der Waals surface area contributed by atoms with Gasteiger partial charge in [0.25, 0.3) is 0 Å². The average Bonchev–Trinajstić information content (AvgIpc) is 2.33. The third-order valence-electron chi connectivity index (χ3n) is 2.95. The van der Waals surface area contributed by atoms with Crippen molar-refractivity contribution >= 4 is 12.4 Å². The van der Waals surface area contributed by atoms with Gasteiger partial charge in [-0.3, -0.25) is 0 Å². The topological polar surface area (TPSA) is 46.2 Å². The van der Waals surface area contributed by atoms with E-state index in [4.69, 9.17) is 5.73 Å². The molecular formula is C13H18ClF4NO. The van der Waals surface area contributed by atoms with E-state index in [0.717, 1.165) is 25.0 Å². The molecule has 0 aliphatic rings. The fourth-order valence-electron chi connectivity index (χ4n) is 1.78. The van der Waals surface area contributed by atoms with Crippen LogP contribution >= 0.6 is 12.4 Å². The van der Waals surface area contributed by atoms with Gasteiger partial charge in [-0.05, 0) is 24.1 Å². The number of benzene rings is 1. The zero-order valence-corrected chi connectivity index (χ0v) is 11.8. The summed E-state index contributed by atoms with van der Waals surface area (Å²) < 4.78 is 50.5. The highest BCUT2D eigenvalue weighted by Crippen LogP contribution is 2.32. The number of alkyl halides is 3. The minimum absolute atomic E-state index is 0. The number of unbranched alkanes of at least 4 members (excludes halogenated alkanes) is 1. The summed E-state index contributed by atoms with van der Waals surface area (Å²) >= 11 is 0. The van der Waals surface area contributed by atoms with Crippen LogP contribution in [0.25, 0.3) is 0 Å². The van der Waals surface area contributed by atoms with Crippen LogP contribution in [0, 0.1) is 5.82 Å². The number of aliphatic hydroxyl groups is 1. The predicted octanol–water partition coefficient (Wildman–Crippen LogP) is 3.82. The van der Waals surface area contributed by atoms with E-state index in [1.807, 2.05) is 6.92 Å².